The van der Waals surface area contributed by atoms with E-state index in [2.05, 4.69) is 10.4 Å². The Hall–Kier alpha value is -2.51. The van der Waals surface area contributed by atoms with E-state index in [1.54, 1.807) is 0 Å². The lowest BCUT2D eigenvalue weighted by molar-refractivity contribution is 0.0844. The molecule has 1 N–H and O–H groups in total. The Balaban J connectivity index is 1.70. The van der Waals surface area contributed by atoms with Gasteiger partial charge in [0.2, 0.25) is 5.82 Å². The molecule has 1 saturated carbocycles. The summed E-state index contributed by atoms with van der Waals surface area (Å²) in [5.41, 5.74) is -0.181. The van der Waals surface area contributed by atoms with Crippen molar-refractivity contribution in [1.82, 2.24) is 19.7 Å². The molecule has 0 radical (unpaired) electrons. The molecular formula is C17H20F2N4O2. The van der Waals surface area contributed by atoms with E-state index in [9.17, 15) is 18.4 Å². The van der Waals surface area contributed by atoms with Gasteiger partial charge in [0.25, 0.3) is 5.91 Å². The van der Waals surface area contributed by atoms with Gasteiger partial charge in [0.15, 0.2) is 0 Å². The molecule has 1 heterocycles. The molecule has 1 amide bonds. The molecule has 0 spiro atoms. The number of nitrogens with zero attached hydrogens (tertiary/aromatic N) is 3. The van der Waals surface area contributed by atoms with Crippen molar-refractivity contribution in [2.45, 2.75) is 25.7 Å². The number of benzene rings is 1. The van der Waals surface area contributed by atoms with Crippen LogP contribution in [0, 0.1) is 17.0 Å². The van der Waals surface area contributed by atoms with Crippen molar-refractivity contribution in [3.63, 3.8) is 0 Å². The number of carbonyl (C=O) groups excluding carboxylic acids is 1. The maximum Gasteiger partial charge on any atom is 0.345 e. The zero-order valence-corrected chi connectivity index (χ0v) is 14.2. The Morgan fingerprint density at radius 2 is 2.04 bits per heavy atom. The van der Waals surface area contributed by atoms with Gasteiger partial charge in [0.1, 0.15) is 11.6 Å². The normalized spacial score (nSPS) is 15.7. The second kappa shape index (κ2) is 6.42. The van der Waals surface area contributed by atoms with Gasteiger partial charge >= 0.3 is 5.69 Å². The van der Waals surface area contributed by atoms with E-state index in [1.165, 1.54) is 30.8 Å². The minimum absolute atomic E-state index is 0.0370. The highest BCUT2D eigenvalue weighted by atomic mass is 19.1. The van der Waals surface area contributed by atoms with Crippen molar-refractivity contribution < 1.29 is 13.6 Å². The molecule has 0 aliphatic heterocycles. The number of hydrogen-bond acceptors (Lipinski definition) is 3. The van der Waals surface area contributed by atoms with Gasteiger partial charge in [-0.2, -0.15) is 0 Å². The summed E-state index contributed by atoms with van der Waals surface area (Å²) < 4.78 is 29.3. The number of rotatable bonds is 5. The van der Waals surface area contributed by atoms with Crippen LogP contribution in [0.4, 0.5) is 8.78 Å². The Kier molecular flexibility index (Phi) is 4.45. The summed E-state index contributed by atoms with van der Waals surface area (Å²) in [5, 5.41) is 6.72. The molecule has 1 aromatic heterocycles. The van der Waals surface area contributed by atoms with E-state index < -0.39 is 17.5 Å². The molecule has 3 rings (SSSR count). The molecule has 2 aromatic rings. The third kappa shape index (κ3) is 3.33. The SMILES string of the molecule is Cn1nc(C(=O)NCC2(Cc3ccc(F)cc3F)CCC2)n(C)c1=O. The van der Waals surface area contributed by atoms with Crippen LogP contribution in [0.25, 0.3) is 0 Å². The molecule has 6 nitrogen and oxygen atoms in total. The molecule has 1 aliphatic rings. The predicted octanol–water partition coefficient (Wildman–Crippen LogP) is 1.54. The summed E-state index contributed by atoms with van der Waals surface area (Å²) in [6, 6.07) is 3.58. The van der Waals surface area contributed by atoms with Crippen LogP contribution in [0.15, 0.2) is 23.0 Å². The first-order valence-corrected chi connectivity index (χ1v) is 8.13. The topological polar surface area (TPSA) is 68.9 Å². The van der Waals surface area contributed by atoms with Crippen molar-refractivity contribution in [2.75, 3.05) is 6.54 Å². The van der Waals surface area contributed by atoms with Gasteiger partial charge in [0.05, 0.1) is 0 Å². The van der Waals surface area contributed by atoms with Crippen molar-refractivity contribution >= 4 is 5.91 Å². The van der Waals surface area contributed by atoms with E-state index in [1.807, 2.05) is 0 Å². The van der Waals surface area contributed by atoms with Crippen LogP contribution in [-0.4, -0.2) is 26.8 Å². The van der Waals surface area contributed by atoms with E-state index in [-0.39, 0.29) is 16.9 Å². The molecule has 8 heteroatoms. The third-order valence-electron chi connectivity index (χ3n) is 4.95. The molecule has 1 aromatic carbocycles. The Morgan fingerprint density at radius 1 is 1.32 bits per heavy atom. The molecule has 1 aliphatic carbocycles. The number of halogens is 2. The molecule has 0 atom stereocenters. The molecule has 0 saturated heterocycles. The molecule has 25 heavy (non-hydrogen) atoms. The summed E-state index contributed by atoms with van der Waals surface area (Å²) in [7, 11) is 2.96. The fourth-order valence-corrected chi connectivity index (χ4v) is 3.27. The number of aromatic nitrogens is 3. The van der Waals surface area contributed by atoms with Gasteiger partial charge in [0, 0.05) is 26.7 Å². The summed E-state index contributed by atoms with van der Waals surface area (Å²) in [5.74, 6) is -1.57. The van der Waals surface area contributed by atoms with Crippen molar-refractivity contribution in [1.29, 1.82) is 0 Å². The van der Waals surface area contributed by atoms with Crippen LogP contribution in [0.5, 0.6) is 0 Å². The van der Waals surface area contributed by atoms with E-state index in [4.69, 9.17) is 0 Å². The lowest BCUT2D eigenvalue weighted by Gasteiger charge is -2.42. The smallest absolute Gasteiger partial charge is 0.345 e. The highest BCUT2D eigenvalue weighted by Crippen LogP contribution is 2.43. The molecule has 134 valence electrons. The second-order valence-electron chi connectivity index (χ2n) is 6.74. The van der Waals surface area contributed by atoms with Gasteiger partial charge < -0.3 is 5.32 Å². The minimum Gasteiger partial charge on any atom is -0.349 e. The Labute approximate surface area is 143 Å². The van der Waals surface area contributed by atoms with Gasteiger partial charge in [-0.3, -0.25) is 9.36 Å². The zero-order valence-electron chi connectivity index (χ0n) is 14.2. The lowest BCUT2D eigenvalue weighted by Crippen LogP contribution is -2.44. The lowest BCUT2D eigenvalue weighted by atomic mass is 9.65. The summed E-state index contributed by atoms with van der Waals surface area (Å²) in [6.07, 6.45) is 3.14. The Morgan fingerprint density at radius 3 is 2.56 bits per heavy atom. The Bertz CT molecular complexity index is 868. The summed E-state index contributed by atoms with van der Waals surface area (Å²) in [4.78, 5) is 24.0. The van der Waals surface area contributed by atoms with Crippen LogP contribution >= 0.6 is 0 Å². The van der Waals surface area contributed by atoms with Crippen LogP contribution in [0.1, 0.15) is 35.4 Å². The highest BCUT2D eigenvalue weighted by molar-refractivity contribution is 5.90. The van der Waals surface area contributed by atoms with Gasteiger partial charge in [-0.15, -0.1) is 5.10 Å². The average molecular weight is 350 g/mol. The molecule has 1 fully saturated rings. The molecular weight excluding hydrogens is 330 g/mol. The molecule has 0 unspecified atom stereocenters. The number of carbonyl (C=O) groups is 1. The van der Waals surface area contributed by atoms with Crippen LogP contribution in [0.2, 0.25) is 0 Å². The molecule has 0 bridgehead atoms. The third-order valence-corrected chi connectivity index (χ3v) is 4.95. The number of nitrogens with one attached hydrogen (secondary N) is 1. The first-order chi connectivity index (χ1) is 11.8. The van der Waals surface area contributed by atoms with Gasteiger partial charge in [-0.25, -0.2) is 18.3 Å². The fourth-order valence-electron chi connectivity index (χ4n) is 3.27. The maximum absolute atomic E-state index is 13.9. The van der Waals surface area contributed by atoms with Crippen LogP contribution in [0.3, 0.4) is 0 Å². The largest absolute Gasteiger partial charge is 0.349 e. The van der Waals surface area contributed by atoms with E-state index in [0.717, 1.165) is 30.0 Å². The van der Waals surface area contributed by atoms with Gasteiger partial charge in [-0.05, 0) is 36.3 Å². The number of aryl methyl sites for hydroxylation is 1. The standard InChI is InChI=1S/C17H20F2N4O2/c1-22-14(21-23(2)16(22)25)15(24)20-10-17(6-3-7-17)9-11-4-5-12(18)8-13(11)19/h4-5,8H,3,6-7,9-10H2,1-2H3,(H,20,24). The van der Waals surface area contributed by atoms with Crippen molar-refractivity contribution in [2.24, 2.45) is 19.5 Å². The van der Waals surface area contributed by atoms with Crippen molar-refractivity contribution in [3.05, 3.63) is 51.7 Å². The van der Waals surface area contributed by atoms with E-state index in [0.29, 0.717) is 18.5 Å². The monoisotopic (exact) mass is 350 g/mol. The van der Waals surface area contributed by atoms with Crippen LogP contribution in [-0.2, 0) is 20.5 Å². The predicted molar refractivity (Wildman–Crippen MR) is 87.1 cm³/mol. The fraction of sp³-hybridized carbons (Fsp3) is 0.471. The first kappa shape index (κ1) is 17.3. The summed E-state index contributed by atoms with van der Waals surface area (Å²) >= 11 is 0. The second-order valence-corrected chi connectivity index (χ2v) is 6.74. The maximum atomic E-state index is 13.9. The number of amides is 1. The minimum atomic E-state index is -0.603. The number of hydrogen-bond donors (Lipinski definition) is 1. The van der Waals surface area contributed by atoms with Gasteiger partial charge in [-0.1, -0.05) is 12.5 Å². The van der Waals surface area contributed by atoms with Crippen LogP contribution < -0.4 is 11.0 Å². The highest BCUT2D eigenvalue weighted by Gasteiger charge is 2.38. The van der Waals surface area contributed by atoms with Crippen molar-refractivity contribution in [3.8, 4) is 0 Å². The van der Waals surface area contributed by atoms with E-state index >= 15 is 0 Å². The quantitative estimate of drug-likeness (QED) is 0.889. The average Bonchev–Trinajstić information content (AvgIpc) is 2.79. The first-order valence-electron chi connectivity index (χ1n) is 8.13. The zero-order chi connectivity index (χ0) is 18.2. The summed E-state index contributed by atoms with van der Waals surface area (Å²) in [6.45, 7) is 0.355.